The number of hydrogen-bond donors (Lipinski definition) is 1. The molecule has 0 spiro atoms. The van der Waals surface area contributed by atoms with Crippen LogP contribution in [0.3, 0.4) is 0 Å². The first kappa shape index (κ1) is 16.0. The van der Waals surface area contributed by atoms with Crippen molar-refractivity contribution in [2.75, 3.05) is 6.54 Å². The minimum Gasteiger partial charge on any atom is -0.353 e. The topological polar surface area (TPSA) is 66.5 Å². The Morgan fingerprint density at radius 2 is 1.67 bits per heavy atom. The normalized spacial score (nSPS) is 20.1. The van der Waals surface area contributed by atoms with Gasteiger partial charge in [0.05, 0.1) is 0 Å². The lowest BCUT2D eigenvalue weighted by Gasteiger charge is -2.22. The maximum absolute atomic E-state index is 11.8. The smallest absolute Gasteiger partial charge is 0.229 e. The van der Waals surface area contributed by atoms with Crippen molar-refractivity contribution in [2.24, 2.45) is 0 Å². The summed E-state index contributed by atoms with van der Waals surface area (Å²) in [6, 6.07) is 0.381. The van der Waals surface area contributed by atoms with Crippen LogP contribution in [0.25, 0.3) is 0 Å². The number of unbranched alkanes of at least 4 members (excludes halogenated alkanes) is 2. The maximum atomic E-state index is 11.8. The van der Waals surface area contributed by atoms with E-state index in [9.17, 15) is 14.4 Å². The van der Waals surface area contributed by atoms with Gasteiger partial charge in [-0.25, -0.2) is 0 Å². The summed E-state index contributed by atoms with van der Waals surface area (Å²) in [6.07, 6.45) is 9.77. The minimum absolute atomic E-state index is 0.0463. The number of imide groups is 1. The van der Waals surface area contributed by atoms with Crippen molar-refractivity contribution in [3.05, 3.63) is 0 Å². The molecule has 118 valence electrons. The van der Waals surface area contributed by atoms with Gasteiger partial charge in [-0.1, -0.05) is 25.7 Å². The van der Waals surface area contributed by atoms with Crippen molar-refractivity contribution in [1.82, 2.24) is 10.2 Å². The molecule has 1 aliphatic carbocycles. The minimum atomic E-state index is -0.0463. The Bertz CT molecular complexity index is 373. The molecule has 5 nitrogen and oxygen atoms in total. The summed E-state index contributed by atoms with van der Waals surface area (Å²) in [5, 5.41) is 3.11. The van der Waals surface area contributed by atoms with Crippen LogP contribution >= 0.6 is 0 Å². The molecule has 5 heteroatoms. The van der Waals surface area contributed by atoms with Gasteiger partial charge < -0.3 is 5.32 Å². The van der Waals surface area contributed by atoms with Crippen LogP contribution in [0.15, 0.2) is 0 Å². The molecule has 2 aliphatic rings. The molecule has 0 bridgehead atoms. The summed E-state index contributed by atoms with van der Waals surface area (Å²) in [5.74, 6) is 0.0558. The summed E-state index contributed by atoms with van der Waals surface area (Å²) in [6.45, 7) is 0.516. The van der Waals surface area contributed by atoms with Crippen LogP contribution in [0.5, 0.6) is 0 Å². The molecule has 21 heavy (non-hydrogen) atoms. The van der Waals surface area contributed by atoms with E-state index in [1.165, 1.54) is 24.2 Å². The van der Waals surface area contributed by atoms with Crippen LogP contribution in [-0.4, -0.2) is 35.2 Å². The van der Waals surface area contributed by atoms with Crippen LogP contribution in [0.1, 0.15) is 70.6 Å². The van der Waals surface area contributed by atoms with E-state index in [1.807, 2.05) is 0 Å². The highest BCUT2D eigenvalue weighted by atomic mass is 16.2. The van der Waals surface area contributed by atoms with Gasteiger partial charge in [-0.3, -0.25) is 19.3 Å². The predicted octanol–water partition coefficient (Wildman–Crippen LogP) is 2.14. The van der Waals surface area contributed by atoms with Crippen molar-refractivity contribution < 1.29 is 14.4 Å². The summed E-state index contributed by atoms with van der Waals surface area (Å²) in [7, 11) is 0. The number of carbonyl (C=O) groups excluding carboxylic acids is 3. The molecule has 2 rings (SSSR count). The highest BCUT2D eigenvalue weighted by Crippen LogP contribution is 2.17. The lowest BCUT2D eigenvalue weighted by Crippen LogP contribution is -2.36. The molecule has 3 amide bonds. The van der Waals surface area contributed by atoms with E-state index in [4.69, 9.17) is 0 Å². The summed E-state index contributed by atoms with van der Waals surface area (Å²) >= 11 is 0. The van der Waals surface area contributed by atoms with Gasteiger partial charge in [0.1, 0.15) is 0 Å². The van der Waals surface area contributed by atoms with Gasteiger partial charge in [-0.15, -0.1) is 0 Å². The second-order valence-corrected chi connectivity index (χ2v) is 6.15. The molecular formula is C16H26N2O3. The number of amides is 3. The predicted molar refractivity (Wildman–Crippen MR) is 79.4 cm³/mol. The van der Waals surface area contributed by atoms with Gasteiger partial charge in [0, 0.05) is 31.8 Å². The zero-order valence-corrected chi connectivity index (χ0v) is 12.7. The van der Waals surface area contributed by atoms with E-state index in [1.54, 1.807) is 0 Å². The molecule has 2 fully saturated rings. The third-order valence-electron chi connectivity index (χ3n) is 4.41. The van der Waals surface area contributed by atoms with Crippen molar-refractivity contribution >= 4 is 17.7 Å². The van der Waals surface area contributed by atoms with Gasteiger partial charge >= 0.3 is 0 Å². The highest BCUT2D eigenvalue weighted by molar-refractivity contribution is 6.01. The SMILES string of the molecule is O=C(CCCCCN1C(=O)CCC1=O)NC1CCCCC1. The van der Waals surface area contributed by atoms with Gasteiger partial charge in [-0.2, -0.15) is 0 Å². The summed E-state index contributed by atoms with van der Waals surface area (Å²) < 4.78 is 0. The third kappa shape index (κ3) is 5.14. The van der Waals surface area contributed by atoms with Crippen molar-refractivity contribution in [3.8, 4) is 0 Å². The van der Waals surface area contributed by atoms with Gasteiger partial charge in [0.25, 0.3) is 0 Å². The fraction of sp³-hybridized carbons (Fsp3) is 0.812. The molecule has 1 saturated heterocycles. The molecule has 0 aromatic rings. The number of likely N-dealkylation sites (tertiary alicyclic amines) is 1. The van der Waals surface area contributed by atoms with Gasteiger partial charge in [-0.05, 0) is 25.7 Å². The molecule has 1 saturated carbocycles. The van der Waals surface area contributed by atoms with Crippen molar-refractivity contribution in [3.63, 3.8) is 0 Å². The first-order valence-corrected chi connectivity index (χ1v) is 8.29. The second kappa shape index (κ2) is 8.15. The van der Waals surface area contributed by atoms with E-state index in [-0.39, 0.29) is 17.7 Å². The molecule has 0 radical (unpaired) electrons. The average Bonchev–Trinajstić information content (AvgIpc) is 2.79. The van der Waals surface area contributed by atoms with Crippen LogP contribution in [0, 0.1) is 0 Å². The van der Waals surface area contributed by atoms with E-state index in [2.05, 4.69) is 5.32 Å². The van der Waals surface area contributed by atoms with E-state index < -0.39 is 0 Å². The molecule has 0 aromatic heterocycles. The first-order chi connectivity index (χ1) is 10.2. The number of nitrogens with one attached hydrogen (secondary N) is 1. The lowest BCUT2D eigenvalue weighted by atomic mass is 9.95. The number of rotatable bonds is 7. The Morgan fingerprint density at radius 1 is 1.00 bits per heavy atom. The molecule has 0 aromatic carbocycles. The van der Waals surface area contributed by atoms with Crippen LogP contribution in [0.4, 0.5) is 0 Å². The largest absolute Gasteiger partial charge is 0.353 e. The zero-order chi connectivity index (χ0) is 15.1. The number of hydrogen-bond acceptors (Lipinski definition) is 3. The zero-order valence-electron chi connectivity index (χ0n) is 12.7. The first-order valence-electron chi connectivity index (χ1n) is 8.29. The quantitative estimate of drug-likeness (QED) is 0.578. The Labute approximate surface area is 126 Å². The van der Waals surface area contributed by atoms with E-state index in [0.29, 0.717) is 31.8 Å². The average molecular weight is 294 g/mol. The molecule has 0 unspecified atom stereocenters. The Kier molecular flexibility index (Phi) is 6.21. The van der Waals surface area contributed by atoms with E-state index in [0.717, 1.165) is 32.1 Å². The molecule has 1 N–H and O–H groups in total. The van der Waals surface area contributed by atoms with Crippen LogP contribution < -0.4 is 5.32 Å². The van der Waals surface area contributed by atoms with Crippen molar-refractivity contribution in [1.29, 1.82) is 0 Å². The monoisotopic (exact) mass is 294 g/mol. The fourth-order valence-corrected chi connectivity index (χ4v) is 3.15. The Balaban J connectivity index is 1.52. The summed E-state index contributed by atoms with van der Waals surface area (Å²) in [4.78, 5) is 36.0. The van der Waals surface area contributed by atoms with E-state index >= 15 is 0 Å². The number of nitrogens with zero attached hydrogens (tertiary/aromatic N) is 1. The van der Waals surface area contributed by atoms with Gasteiger partial charge in [0.15, 0.2) is 0 Å². The highest BCUT2D eigenvalue weighted by Gasteiger charge is 2.27. The molecule has 1 heterocycles. The van der Waals surface area contributed by atoms with Crippen LogP contribution in [-0.2, 0) is 14.4 Å². The maximum Gasteiger partial charge on any atom is 0.229 e. The number of carbonyl (C=O) groups is 3. The molecule has 0 atom stereocenters. The summed E-state index contributed by atoms with van der Waals surface area (Å²) in [5.41, 5.74) is 0. The van der Waals surface area contributed by atoms with Crippen molar-refractivity contribution in [2.45, 2.75) is 76.7 Å². The lowest BCUT2D eigenvalue weighted by molar-refractivity contribution is -0.138. The molecular weight excluding hydrogens is 268 g/mol. The van der Waals surface area contributed by atoms with Crippen LogP contribution in [0.2, 0.25) is 0 Å². The fourth-order valence-electron chi connectivity index (χ4n) is 3.15. The Morgan fingerprint density at radius 3 is 2.33 bits per heavy atom. The standard InChI is InChI=1S/C16H26N2O3/c19-14(17-13-7-3-1-4-8-13)9-5-2-6-12-18-15(20)10-11-16(18)21/h13H,1-12H2,(H,17,19). The van der Waals surface area contributed by atoms with Gasteiger partial charge in [0.2, 0.25) is 17.7 Å². The second-order valence-electron chi connectivity index (χ2n) is 6.15. The third-order valence-corrected chi connectivity index (χ3v) is 4.41. The molecule has 1 aliphatic heterocycles. The Hall–Kier alpha value is -1.39.